The zero-order valence-electron chi connectivity index (χ0n) is 28.7. The number of aromatic hydroxyl groups is 1. The maximum Gasteiger partial charge on any atom is 0.254 e. The molecule has 4 heterocycles. The van der Waals surface area contributed by atoms with Crippen LogP contribution in [0.2, 0.25) is 0 Å². The molecule has 0 aliphatic carbocycles. The molecule has 6 rings (SSSR count). The van der Waals surface area contributed by atoms with Crippen LogP contribution in [0.1, 0.15) is 90.4 Å². The van der Waals surface area contributed by atoms with Crippen molar-refractivity contribution in [2.45, 2.75) is 77.5 Å². The molecule has 2 saturated heterocycles. The summed E-state index contributed by atoms with van der Waals surface area (Å²) in [5, 5.41) is 27.6. The third kappa shape index (κ3) is 7.54. The minimum absolute atomic E-state index is 0.0218. The molecular weight excluding hydrogens is 621 g/mol. The standard InChI is InChI=1S/C39H50N4O4S/c1-26(2)35-21-30(24-48-35)38(47)43-16-6-13-39(25-43)14-17-42(18-15-39)23-29-8-5-7-28(20-29)19-27(3)40-22-34(45)31-9-11-33(44)37-32(31)10-12-36(46)41(37)4/h5,7-12,20-21,24,26-27,34,40,44-45H,6,13-19,22-23,25H2,1-4H3/t27-,34+/m1/s1. The van der Waals surface area contributed by atoms with Crippen molar-refractivity contribution in [2.75, 3.05) is 32.7 Å². The Hall–Kier alpha value is -3.50. The Labute approximate surface area is 288 Å². The Bertz CT molecular complexity index is 1810. The zero-order valence-corrected chi connectivity index (χ0v) is 29.6. The van der Waals surface area contributed by atoms with Gasteiger partial charge in [0.2, 0.25) is 0 Å². The molecule has 1 spiro atoms. The van der Waals surface area contributed by atoms with Crippen molar-refractivity contribution < 1.29 is 15.0 Å². The fourth-order valence-electron chi connectivity index (χ4n) is 7.69. The summed E-state index contributed by atoms with van der Waals surface area (Å²) in [4.78, 5) is 31.5. The van der Waals surface area contributed by atoms with Crippen LogP contribution in [0, 0.1) is 5.41 Å². The quantitative estimate of drug-likeness (QED) is 0.186. The number of aliphatic hydroxyl groups excluding tert-OH is 1. The second-order valence-electron chi connectivity index (χ2n) is 14.5. The van der Waals surface area contributed by atoms with Gasteiger partial charge in [-0.05, 0) is 98.3 Å². The summed E-state index contributed by atoms with van der Waals surface area (Å²) in [6.45, 7) is 11.6. The first kappa shape index (κ1) is 34.4. The van der Waals surface area contributed by atoms with Gasteiger partial charge < -0.3 is 25.0 Å². The molecule has 2 aromatic carbocycles. The smallest absolute Gasteiger partial charge is 0.254 e. The molecule has 2 fully saturated rings. The molecule has 8 nitrogen and oxygen atoms in total. The fraction of sp³-hybridized carbons (Fsp3) is 0.487. The van der Waals surface area contributed by atoms with Crippen molar-refractivity contribution in [1.29, 1.82) is 0 Å². The van der Waals surface area contributed by atoms with Crippen LogP contribution in [-0.4, -0.2) is 69.3 Å². The molecule has 2 aromatic heterocycles. The number of amides is 1. The molecule has 2 atom stereocenters. The van der Waals surface area contributed by atoms with Crippen LogP contribution in [0.15, 0.2) is 64.8 Å². The monoisotopic (exact) mass is 670 g/mol. The summed E-state index contributed by atoms with van der Waals surface area (Å²) < 4.78 is 1.41. The normalized spacial score (nSPS) is 18.1. The second-order valence-corrected chi connectivity index (χ2v) is 15.5. The molecular formula is C39H50N4O4S. The molecule has 3 N–H and O–H groups in total. The predicted molar refractivity (Wildman–Crippen MR) is 194 cm³/mol. The number of nitrogens with zero attached hydrogens (tertiary/aromatic N) is 3. The van der Waals surface area contributed by atoms with Crippen molar-refractivity contribution in [2.24, 2.45) is 12.5 Å². The van der Waals surface area contributed by atoms with E-state index < -0.39 is 6.10 Å². The lowest BCUT2D eigenvalue weighted by molar-refractivity contribution is 0.0198. The Morgan fingerprint density at radius 3 is 2.52 bits per heavy atom. The SMILES string of the molecule is CC(C)c1cc(C(=O)N2CCCC3(CCN(Cc4cccc(C[C@@H](C)NC[C@H](O)c5ccc(O)c6c5ccc(=O)n6C)c4)CC3)C2)cs1. The number of aliphatic hydroxyl groups is 1. The first-order chi connectivity index (χ1) is 23.0. The number of hydrogen-bond donors (Lipinski definition) is 3. The molecule has 9 heteroatoms. The highest BCUT2D eigenvalue weighted by Gasteiger charge is 2.40. The van der Waals surface area contributed by atoms with Gasteiger partial charge in [0.15, 0.2) is 0 Å². The third-order valence-electron chi connectivity index (χ3n) is 10.5. The number of nitrogens with one attached hydrogen (secondary N) is 1. The highest BCUT2D eigenvalue weighted by molar-refractivity contribution is 7.10. The third-order valence-corrected chi connectivity index (χ3v) is 11.8. The van der Waals surface area contributed by atoms with Crippen molar-refractivity contribution in [1.82, 2.24) is 19.7 Å². The summed E-state index contributed by atoms with van der Waals surface area (Å²) >= 11 is 1.70. The number of carbonyl (C=O) groups is 1. The largest absolute Gasteiger partial charge is 0.506 e. The predicted octanol–water partition coefficient (Wildman–Crippen LogP) is 6.20. The number of aromatic nitrogens is 1. The number of fused-ring (bicyclic) bond motifs is 1. The number of rotatable bonds is 10. The van der Waals surface area contributed by atoms with Gasteiger partial charge in [0.05, 0.1) is 17.2 Å². The van der Waals surface area contributed by atoms with Gasteiger partial charge in [0.1, 0.15) is 5.75 Å². The van der Waals surface area contributed by atoms with E-state index in [0.29, 0.717) is 28.9 Å². The number of carbonyl (C=O) groups excluding carboxylic acids is 1. The van der Waals surface area contributed by atoms with Crippen LogP contribution in [-0.2, 0) is 20.0 Å². The van der Waals surface area contributed by atoms with Gasteiger partial charge in [0, 0.05) is 61.0 Å². The minimum atomic E-state index is -0.787. The van der Waals surface area contributed by atoms with Crippen LogP contribution < -0.4 is 10.9 Å². The number of pyridine rings is 1. The van der Waals surface area contributed by atoms with Crippen LogP contribution in [0.25, 0.3) is 10.9 Å². The highest BCUT2D eigenvalue weighted by Crippen LogP contribution is 2.41. The Morgan fingerprint density at radius 2 is 1.77 bits per heavy atom. The minimum Gasteiger partial charge on any atom is -0.506 e. The number of aryl methyl sites for hydroxylation is 1. The topological polar surface area (TPSA) is 98.0 Å². The van der Waals surface area contributed by atoms with Gasteiger partial charge in [-0.3, -0.25) is 14.5 Å². The van der Waals surface area contributed by atoms with E-state index in [1.807, 2.05) is 5.38 Å². The van der Waals surface area contributed by atoms with Gasteiger partial charge in [-0.25, -0.2) is 0 Å². The zero-order chi connectivity index (χ0) is 34.0. The van der Waals surface area contributed by atoms with Crippen LogP contribution in [0.5, 0.6) is 5.75 Å². The average Bonchev–Trinajstić information content (AvgIpc) is 3.58. The van der Waals surface area contributed by atoms with Crippen LogP contribution >= 0.6 is 11.3 Å². The summed E-state index contributed by atoms with van der Waals surface area (Å²) in [5.41, 5.74) is 4.57. The molecule has 0 unspecified atom stereocenters. The number of thiophene rings is 1. The van der Waals surface area contributed by atoms with Gasteiger partial charge in [-0.15, -0.1) is 11.3 Å². The van der Waals surface area contributed by atoms with E-state index in [-0.39, 0.29) is 28.7 Å². The van der Waals surface area contributed by atoms with Gasteiger partial charge in [-0.2, -0.15) is 0 Å². The van der Waals surface area contributed by atoms with E-state index in [1.54, 1.807) is 30.5 Å². The lowest BCUT2D eigenvalue weighted by Gasteiger charge is -2.47. The highest BCUT2D eigenvalue weighted by atomic mass is 32.1. The number of phenolic OH excluding ortho intramolecular Hbond substituents is 1. The van der Waals surface area contributed by atoms with E-state index in [9.17, 15) is 19.8 Å². The number of benzene rings is 2. The Kier molecular flexibility index (Phi) is 10.4. The Balaban J connectivity index is 0.998. The van der Waals surface area contributed by atoms with Crippen LogP contribution in [0.3, 0.4) is 0 Å². The maximum absolute atomic E-state index is 13.4. The average molecular weight is 671 g/mol. The summed E-state index contributed by atoms with van der Waals surface area (Å²) in [7, 11) is 1.62. The van der Waals surface area contributed by atoms with Crippen molar-refractivity contribution in [3.8, 4) is 5.75 Å². The second kappa shape index (κ2) is 14.5. The first-order valence-electron chi connectivity index (χ1n) is 17.4. The van der Waals surface area contributed by atoms with E-state index in [1.165, 1.54) is 39.1 Å². The number of likely N-dealkylation sites (tertiary alicyclic amines) is 2. The first-order valence-corrected chi connectivity index (χ1v) is 18.3. The maximum atomic E-state index is 13.4. The van der Waals surface area contributed by atoms with E-state index >= 15 is 0 Å². The lowest BCUT2D eigenvalue weighted by atomic mass is 9.72. The summed E-state index contributed by atoms with van der Waals surface area (Å²) in [6.07, 6.45) is 4.61. The molecule has 2 aliphatic heterocycles. The number of hydrogen-bond acceptors (Lipinski definition) is 7. The van der Waals surface area contributed by atoms with Crippen LogP contribution in [0.4, 0.5) is 0 Å². The van der Waals surface area contributed by atoms with E-state index in [4.69, 9.17) is 0 Å². The van der Waals surface area contributed by atoms with Gasteiger partial charge in [-0.1, -0.05) is 44.2 Å². The number of phenols is 1. The number of piperidine rings is 2. The van der Waals surface area contributed by atoms with Gasteiger partial charge >= 0.3 is 0 Å². The fourth-order valence-corrected chi connectivity index (χ4v) is 8.59. The molecule has 4 aromatic rings. The molecule has 0 radical (unpaired) electrons. The molecule has 0 saturated carbocycles. The van der Waals surface area contributed by atoms with Gasteiger partial charge in [0.25, 0.3) is 11.5 Å². The molecule has 256 valence electrons. The van der Waals surface area contributed by atoms with E-state index in [2.05, 4.69) is 66.2 Å². The molecule has 0 bridgehead atoms. The molecule has 2 aliphatic rings. The summed E-state index contributed by atoms with van der Waals surface area (Å²) in [5.74, 6) is 0.678. The van der Waals surface area contributed by atoms with Crippen molar-refractivity contribution in [3.05, 3.63) is 97.5 Å². The van der Waals surface area contributed by atoms with Crippen molar-refractivity contribution in [3.63, 3.8) is 0 Å². The molecule has 1 amide bonds. The summed E-state index contributed by atoms with van der Waals surface area (Å²) in [6, 6.07) is 17.5. The van der Waals surface area contributed by atoms with E-state index in [0.717, 1.165) is 64.0 Å². The Morgan fingerprint density at radius 1 is 1.00 bits per heavy atom. The lowest BCUT2D eigenvalue weighted by Crippen LogP contribution is -2.50. The van der Waals surface area contributed by atoms with Crippen molar-refractivity contribution >= 4 is 28.1 Å². The molecule has 48 heavy (non-hydrogen) atoms.